The summed E-state index contributed by atoms with van der Waals surface area (Å²) < 4.78 is 2.24. The van der Waals surface area contributed by atoms with Crippen LogP contribution in [-0.2, 0) is 18.8 Å². The lowest BCUT2D eigenvalue weighted by Crippen LogP contribution is -2.04. The van der Waals surface area contributed by atoms with Crippen LogP contribution in [0.3, 0.4) is 0 Å². The van der Waals surface area contributed by atoms with Crippen LogP contribution in [0.5, 0.6) is 0 Å². The average molecular weight is 275 g/mol. The Balaban J connectivity index is 1.92. The minimum Gasteiger partial charge on any atom is -0.334 e. The molecule has 2 aromatic rings. The summed E-state index contributed by atoms with van der Waals surface area (Å²) in [7, 11) is 1.97. The van der Waals surface area contributed by atoms with Crippen molar-refractivity contribution < 1.29 is 0 Å². The molecule has 0 spiro atoms. The van der Waals surface area contributed by atoms with E-state index < -0.39 is 0 Å². The topological polar surface area (TPSA) is 29.9 Å². The van der Waals surface area contributed by atoms with Crippen molar-refractivity contribution in [3.8, 4) is 0 Å². The summed E-state index contributed by atoms with van der Waals surface area (Å²) >= 11 is 1.86. The lowest BCUT2D eigenvalue weighted by atomic mass is 10.2. The molecule has 2 rings (SSSR count). The fourth-order valence-corrected chi connectivity index (χ4v) is 2.86. The van der Waals surface area contributed by atoms with Crippen molar-refractivity contribution in [2.24, 2.45) is 0 Å². The number of aryl methyl sites for hydroxylation is 1. The maximum Gasteiger partial charge on any atom is 0.0948 e. The quantitative estimate of drug-likeness (QED) is 0.786. The number of rotatable bonds is 7. The molecule has 0 atom stereocenters. The second-order valence-corrected chi connectivity index (χ2v) is 5.59. The lowest BCUT2D eigenvalue weighted by molar-refractivity contribution is 0.659. The number of thioether (sulfide) groups is 1. The number of aromatic nitrogens is 2. The Kier molecular flexibility index (Phi) is 5.48. The van der Waals surface area contributed by atoms with Gasteiger partial charge in [0.05, 0.1) is 6.33 Å². The van der Waals surface area contributed by atoms with E-state index in [4.69, 9.17) is 0 Å². The predicted molar refractivity (Wildman–Crippen MR) is 81.3 cm³/mol. The van der Waals surface area contributed by atoms with Gasteiger partial charge in [0.15, 0.2) is 0 Å². The maximum atomic E-state index is 4.23. The lowest BCUT2D eigenvalue weighted by Gasteiger charge is -2.07. The van der Waals surface area contributed by atoms with E-state index in [1.54, 1.807) is 0 Å². The highest BCUT2D eigenvalue weighted by atomic mass is 32.2. The third kappa shape index (κ3) is 4.11. The van der Waals surface area contributed by atoms with E-state index in [1.165, 1.54) is 16.2 Å². The largest absolute Gasteiger partial charge is 0.334 e. The van der Waals surface area contributed by atoms with Crippen molar-refractivity contribution in [1.29, 1.82) is 0 Å². The van der Waals surface area contributed by atoms with Crippen molar-refractivity contribution in [3.63, 3.8) is 0 Å². The van der Waals surface area contributed by atoms with E-state index in [0.717, 1.165) is 25.3 Å². The Bertz CT molecular complexity index is 490. The van der Waals surface area contributed by atoms with Gasteiger partial charge < -0.3 is 9.88 Å². The van der Waals surface area contributed by atoms with Gasteiger partial charge in [-0.15, -0.1) is 11.8 Å². The second-order valence-electron chi connectivity index (χ2n) is 4.54. The van der Waals surface area contributed by atoms with Crippen molar-refractivity contribution in [1.82, 2.24) is 14.9 Å². The highest BCUT2D eigenvalue weighted by Gasteiger charge is 2.02. The zero-order valence-electron chi connectivity index (χ0n) is 11.6. The molecule has 1 heterocycles. The van der Waals surface area contributed by atoms with Crippen molar-refractivity contribution in [2.75, 3.05) is 7.05 Å². The molecule has 1 N–H and O–H groups in total. The molecule has 4 heteroatoms. The van der Waals surface area contributed by atoms with Gasteiger partial charge in [0.1, 0.15) is 0 Å². The van der Waals surface area contributed by atoms with E-state index in [9.17, 15) is 0 Å². The standard InChI is InChI=1S/C15H21N3S/c1-3-8-18-12-17-10-14(18)11-19-15-6-4-13(5-7-15)9-16-2/h4-7,10,12,16H,3,8-9,11H2,1-2H3. The van der Waals surface area contributed by atoms with Crippen LogP contribution >= 0.6 is 11.8 Å². The van der Waals surface area contributed by atoms with Crippen LogP contribution in [0.4, 0.5) is 0 Å². The molecule has 0 bridgehead atoms. The molecule has 3 nitrogen and oxygen atoms in total. The first-order valence-corrected chi connectivity index (χ1v) is 7.67. The third-order valence-electron chi connectivity index (χ3n) is 2.95. The van der Waals surface area contributed by atoms with E-state index in [0.29, 0.717) is 0 Å². The van der Waals surface area contributed by atoms with Crippen LogP contribution in [-0.4, -0.2) is 16.6 Å². The Morgan fingerprint density at radius 2 is 2.05 bits per heavy atom. The molecule has 102 valence electrons. The number of imidazole rings is 1. The minimum absolute atomic E-state index is 0.925. The summed E-state index contributed by atoms with van der Waals surface area (Å²) in [5.74, 6) is 0.978. The van der Waals surface area contributed by atoms with Crippen molar-refractivity contribution in [2.45, 2.75) is 37.1 Å². The molecule has 0 fully saturated rings. The molecule has 0 aliphatic heterocycles. The van der Waals surface area contributed by atoms with Crippen LogP contribution in [0, 0.1) is 0 Å². The van der Waals surface area contributed by atoms with Gasteiger partial charge in [-0.05, 0) is 31.2 Å². The van der Waals surface area contributed by atoms with Crippen LogP contribution in [0.1, 0.15) is 24.6 Å². The first kappa shape index (κ1) is 14.2. The van der Waals surface area contributed by atoms with Gasteiger partial charge in [0.2, 0.25) is 0 Å². The normalized spacial score (nSPS) is 10.8. The molecule has 0 aliphatic rings. The minimum atomic E-state index is 0.925. The highest BCUT2D eigenvalue weighted by molar-refractivity contribution is 7.98. The van der Waals surface area contributed by atoms with Crippen LogP contribution < -0.4 is 5.32 Å². The molecular weight excluding hydrogens is 254 g/mol. The third-order valence-corrected chi connectivity index (χ3v) is 4.00. The Morgan fingerprint density at radius 1 is 1.26 bits per heavy atom. The highest BCUT2D eigenvalue weighted by Crippen LogP contribution is 2.23. The zero-order valence-corrected chi connectivity index (χ0v) is 12.4. The molecular formula is C15H21N3S. The summed E-state index contributed by atoms with van der Waals surface area (Å²) in [6.07, 6.45) is 5.04. The summed E-state index contributed by atoms with van der Waals surface area (Å²) in [6.45, 7) is 4.17. The van der Waals surface area contributed by atoms with E-state index in [-0.39, 0.29) is 0 Å². The van der Waals surface area contributed by atoms with Gasteiger partial charge >= 0.3 is 0 Å². The van der Waals surface area contributed by atoms with Gasteiger partial charge in [0, 0.05) is 35.6 Å². The summed E-state index contributed by atoms with van der Waals surface area (Å²) in [4.78, 5) is 5.54. The van der Waals surface area contributed by atoms with E-state index in [1.807, 2.05) is 31.3 Å². The molecule has 0 saturated carbocycles. The first-order valence-electron chi connectivity index (χ1n) is 6.69. The summed E-state index contributed by atoms with van der Waals surface area (Å²) in [6, 6.07) is 8.75. The summed E-state index contributed by atoms with van der Waals surface area (Å²) in [5.41, 5.74) is 2.62. The van der Waals surface area contributed by atoms with Gasteiger partial charge in [-0.3, -0.25) is 0 Å². The smallest absolute Gasteiger partial charge is 0.0948 e. The molecule has 0 unspecified atom stereocenters. The number of hydrogen-bond donors (Lipinski definition) is 1. The molecule has 0 amide bonds. The van der Waals surface area contributed by atoms with Crippen LogP contribution in [0.15, 0.2) is 41.7 Å². The van der Waals surface area contributed by atoms with Crippen molar-refractivity contribution in [3.05, 3.63) is 48.0 Å². The SMILES string of the molecule is CCCn1cncc1CSc1ccc(CNC)cc1. The molecule has 0 radical (unpaired) electrons. The van der Waals surface area contributed by atoms with E-state index in [2.05, 4.69) is 46.1 Å². The Morgan fingerprint density at radius 3 is 2.74 bits per heavy atom. The van der Waals surface area contributed by atoms with Crippen LogP contribution in [0.2, 0.25) is 0 Å². The van der Waals surface area contributed by atoms with Crippen LogP contribution in [0.25, 0.3) is 0 Å². The van der Waals surface area contributed by atoms with Gasteiger partial charge in [-0.25, -0.2) is 4.98 Å². The molecule has 0 aliphatic carbocycles. The fourth-order valence-electron chi connectivity index (χ4n) is 1.98. The van der Waals surface area contributed by atoms with E-state index >= 15 is 0 Å². The Labute approximate surface area is 119 Å². The number of nitrogens with zero attached hydrogens (tertiary/aromatic N) is 2. The summed E-state index contributed by atoms with van der Waals surface area (Å²) in [5, 5.41) is 3.16. The monoisotopic (exact) mass is 275 g/mol. The molecule has 1 aromatic carbocycles. The predicted octanol–water partition coefficient (Wildman–Crippen LogP) is 3.30. The number of nitrogens with one attached hydrogen (secondary N) is 1. The van der Waals surface area contributed by atoms with Gasteiger partial charge in [0.25, 0.3) is 0 Å². The van der Waals surface area contributed by atoms with Crippen molar-refractivity contribution >= 4 is 11.8 Å². The fraction of sp³-hybridized carbons (Fsp3) is 0.400. The maximum absolute atomic E-state index is 4.23. The molecule has 0 saturated heterocycles. The molecule has 19 heavy (non-hydrogen) atoms. The van der Waals surface area contributed by atoms with Gasteiger partial charge in [-0.1, -0.05) is 19.1 Å². The number of benzene rings is 1. The second kappa shape index (κ2) is 7.36. The van der Waals surface area contributed by atoms with Gasteiger partial charge in [-0.2, -0.15) is 0 Å². The first-order chi connectivity index (χ1) is 9.33. The molecule has 1 aromatic heterocycles. The average Bonchev–Trinajstić information content (AvgIpc) is 2.86. The Hall–Kier alpha value is -1.26. The number of hydrogen-bond acceptors (Lipinski definition) is 3. The zero-order chi connectivity index (χ0) is 13.5.